The Morgan fingerprint density at radius 1 is 1.30 bits per heavy atom. The SMILES string of the molecule is CC(C(=O)O)N(C)C(=O)c1cc2c([nH]c1=O)CC(C)(C)CC2=O. The molecule has 1 amide bonds. The lowest BCUT2D eigenvalue weighted by Crippen LogP contribution is -2.42. The number of carbonyl (C=O) groups excluding carboxylic acids is 2. The number of carboxylic acid groups (broad SMARTS) is 1. The van der Waals surface area contributed by atoms with Crippen molar-refractivity contribution < 1.29 is 19.5 Å². The molecule has 2 rings (SSSR count). The number of amides is 1. The van der Waals surface area contributed by atoms with Gasteiger partial charge < -0.3 is 15.0 Å². The first-order chi connectivity index (χ1) is 10.5. The fourth-order valence-corrected chi connectivity index (χ4v) is 2.72. The Morgan fingerprint density at radius 2 is 1.91 bits per heavy atom. The second-order valence-electron chi connectivity index (χ2n) is 6.78. The molecule has 1 aliphatic rings. The van der Waals surface area contributed by atoms with E-state index >= 15 is 0 Å². The molecule has 1 aromatic heterocycles. The Labute approximate surface area is 133 Å². The van der Waals surface area contributed by atoms with Crippen molar-refractivity contribution in [2.45, 2.75) is 39.7 Å². The summed E-state index contributed by atoms with van der Waals surface area (Å²) in [5, 5.41) is 8.98. The van der Waals surface area contributed by atoms with Crippen molar-refractivity contribution >= 4 is 17.7 Å². The van der Waals surface area contributed by atoms with Crippen molar-refractivity contribution in [1.29, 1.82) is 0 Å². The van der Waals surface area contributed by atoms with Crippen LogP contribution in [0.1, 0.15) is 53.6 Å². The number of hydrogen-bond donors (Lipinski definition) is 2. The number of aromatic amines is 1. The average molecular weight is 320 g/mol. The van der Waals surface area contributed by atoms with Crippen LogP contribution in [-0.4, -0.2) is 45.7 Å². The van der Waals surface area contributed by atoms with Gasteiger partial charge in [0, 0.05) is 24.7 Å². The lowest BCUT2D eigenvalue weighted by molar-refractivity contribution is -0.141. The smallest absolute Gasteiger partial charge is 0.326 e. The largest absolute Gasteiger partial charge is 0.480 e. The molecule has 1 heterocycles. The lowest BCUT2D eigenvalue weighted by Gasteiger charge is -2.30. The Balaban J connectivity index is 2.45. The standard InChI is InChI=1S/C16H20N2O5/c1-8(15(22)23)18(4)14(21)10-5-9-11(17-13(10)20)6-16(2,3)7-12(9)19/h5,8H,6-7H2,1-4H3,(H,17,20)(H,22,23). The van der Waals surface area contributed by atoms with Crippen LogP contribution in [0.5, 0.6) is 0 Å². The van der Waals surface area contributed by atoms with Crippen molar-refractivity contribution in [3.8, 4) is 0 Å². The van der Waals surface area contributed by atoms with E-state index in [2.05, 4.69) is 4.98 Å². The molecule has 1 unspecified atom stereocenters. The number of aromatic nitrogens is 1. The molecule has 0 spiro atoms. The maximum atomic E-state index is 12.4. The first kappa shape index (κ1) is 16.9. The van der Waals surface area contributed by atoms with E-state index in [1.807, 2.05) is 13.8 Å². The highest BCUT2D eigenvalue weighted by molar-refractivity contribution is 6.02. The highest BCUT2D eigenvalue weighted by atomic mass is 16.4. The van der Waals surface area contributed by atoms with E-state index in [9.17, 15) is 19.2 Å². The summed E-state index contributed by atoms with van der Waals surface area (Å²) in [6, 6.07) is 0.214. The topological polar surface area (TPSA) is 108 Å². The Bertz CT molecular complexity index is 747. The van der Waals surface area contributed by atoms with Gasteiger partial charge >= 0.3 is 5.97 Å². The maximum Gasteiger partial charge on any atom is 0.326 e. The van der Waals surface area contributed by atoms with Crippen LogP contribution < -0.4 is 5.56 Å². The van der Waals surface area contributed by atoms with E-state index in [0.717, 1.165) is 4.90 Å². The first-order valence-corrected chi connectivity index (χ1v) is 7.33. The molecular weight excluding hydrogens is 300 g/mol. The van der Waals surface area contributed by atoms with E-state index in [4.69, 9.17) is 5.11 Å². The summed E-state index contributed by atoms with van der Waals surface area (Å²) in [5.41, 5.74) is -0.200. The number of rotatable bonds is 3. The third-order valence-corrected chi connectivity index (χ3v) is 4.21. The zero-order valence-electron chi connectivity index (χ0n) is 13.6. The first-order valence-electron chi connectivity index (χ1n) is 7.33. The number of ketones is 1. The van der Waals surface area contributed by atoms with Gasteiger partial charge in [-0.3, -0.25) is 14.4 Å². The van der Waals surface area contributed by atoms with Crippen molar-refractivity contribution in [1.82, 2.24) is 9.88 Å². The number of carboxylic acids is 1. The summed E-state index contributed by atoms with van der Waals surface area (Å²) >= 11 is 0. The Hall–Kier alpha value is -2.44. The predicted octanol–water partition coefficient (Wildman–Crippen LogP) is 1.08. The van der Waals surface area contributed by atoms with Gasteiger partial charge in [0.2, 0.25) is 0 Å². The molecule has 0 saturated heterocycles. The summed E-state index contributed by atoms with van der Waals surface area (Å²) in [4.78, 5) is 51.4. The molecule has 0 fully saturated rings. The van der Waals surface area contributed by atoms with Crippen LogP contribution in [0.15, 0.2) is 10.9 Å². The number of fused-ring (bicyclic) bond motifs is 1. The zero-order chi connectivity index (χ0) is 17.5. The number of carbonyl (C=O) groups is 3. The van der Waals surface area contributed by atoms with Crippen LogP contribution >= 0.6 is 0 Å². The second-order valence-corrected chi connectivity index (χ2v) is 6.78. The van der Waals surface area contributed by atoms with Gasteiger partial charge in [0.25, 0.3) is 11.5 Å². The summed E-state index contributed by atoms with van der Waals surface area (Å²) in [6.07, 6.45) is 0.875. The Morgan fingerprint density at radius 3 is 2.48 bits per heavy atom. The number of H-pyrrole nitrogens is 1. The summed E-state index contributed by atoms with van der Waals surface area (Å²) in [5.74, 6) is -2.02. The number of hydrogen-bond acceptors (Lipinski definition) is 4. The molecule has 1 atom stereocenters. The molecule has 2 N–H and O–H groups in total. The number of nitrogens with zero attached hydrogens (tertiary/aromatic N) is 1. The number of likely N-dealkylation sites (N-methyl/N-ethyl adjacent to an activating group) is 1. The molecule has 23 heavy (non-hydrogen) atoms. The highest BCUT2D eigenvalue weighted by Crippen LogP contribution is 2.33. The maximum absolute atomic E-state index is 12.4. The van der Waals surface area contributed by atoms with Gasteiger partial charge in [0.05, 0.1) is 0 Å². The van der Waals surface area contributed by atoms with Gasteiger partial charge in [-0.1, -0.05) is 13.8 Å². The van der Waals surface area contributed by atoms with E-state index < -0.39 is 23.5 Å². The van der Waals surface area contributed by atoms with Gasteiger partial charge in [-0.25, -0.2) is 4.79 Å². The molecule has 0 aliphatic heterocycles. The number of Topliss-reactive ketones (excluding diaryl/α,β-unsaturated/α-hetero) is 1. The lowest BCUT2D eigenvalue weighted by atomic mass is 9.75. The fraction of sp³-hybridized carbons (Fsp3) is 0.500. The van der Waals surface area contributed by atoms with E-state index in [1.54, 1.807) is 0 Å². The van der Waals surface area contributed by atoms with E-state index in [-0.39, 0.29) is 16.8 Å². The molecule has 0 bridgehead atoms. The minimum atomic E-state index is -1.17. The van der Waals surface area contributed by atoms with Crippen LogP contribution in [0.2, 0.25) is 0 Å². The zero-order valence-corrected chi connectivity index (χ0v) is 13.6. The van der Waals surface area contributed by atoms with Crippen LogP contribution in [0.4, 0.5) is 0 Å². The molecule has 0 saturated carbocycles. The Kier molecular flexibility index (Phi) is 4.15. The highest BCUT2D eigenvalue weighted by Gasteiger charge is 2.33. The summed E-state index contributed by atoms with van der Waals surface area (Å²) < 4.78 is 0. The van der Waals surface area contributed by atoms with Gasteiger partial charge in [-0.05, 0) is 24.8 Å². The van der Waals surface area contributed by atoms with Gasteiger partial charge in [0.15, 0.2) is 5.78 Å². The van der Waals surface area contributed by atoms with Crippen LogP contribution in [0, 0.1) is 5.41 Å². The predicted molar refractivity (Wildman–Crippen MR) is 82.7 cm³/mol. The molecule has 0 radical (unpaired) electrons. The molecular formula is C16H20N2O5. The van der Waals surface area contributed by atoms with Crippen molar-refractivity contribution in [2.24, 2.45) is 5.41 Å². The second kappa shape index (κ2) is 5.64. The summed E-state index contributed by atoms with van der Waals surface area (Å²) in [6.45, 7) is 5.22. The normalized spacial score (nSPS) is 17.3. The molecule has 7 nitrogen and oxygen atoms in total. The van der Waals surface area contributed by atoms with Crippen molar-refractivity contribution in [2.75, 3.05) is 7.05 Å². The molecule has 124 valence electrons. The number of pyridine rings is 1. The summed E-state index contributed by atoms with van der Waals surface area (Å²) in [7, 11) is 1.31. The quantitative estimate of drug-likeness (QED) is 0.866. The third-order valence-electron chi connectivity index (χ3n) is 4.21. The third kappa shape index (κ3) is 3.18. The number of aliphatic carboxylic acids is 1. The van der Waals surface area contributed by atoms with Gasteiger partial charge in [-0.2, -0.15) is 0 Å². The van der Waals surface area contributed by atoms with Crippen LogP contribution in [-0.2, 0) is 11.2 Å². The molecule has 1 aromatic rings. The van der Waals surface area contributed by atoms with Crippen molar-refractivity contribution in [3.05, 3.63) is 33.2 Å². The van der Waals surface area contributed by atoms with E-state index in [1.165, 1.54) is 20.0 Å². The number of nitrogens with one attached hydrogen (secondary N) is 1. The molecule has 7 heteroatoms. The monoisotopic (exact) mass is 320 g/mol. The minimum absolute atomic E-state index is 0.129. The average Bonchev–Trinajstić information content (AvgIpc) is 2.42. The molecule has 0 aromatic carbocycles. The van der Waals surface area contributed by atoms with Crippen LogP contribution in [0.25, 0.3) is 0 Å². The fourth-order valence-electron chi connectivity index (χ4n) is 2.72. The minimum Gasteiger partial charge on any atom is -0.480 e. The van der Waals surface area contributed by atoms with Crippen molar-refractivity contribution in [3.63, 3.8) is 0 Å². The van der Waals surface area contributed by atoms with Gasteiger partial charge in [0.1, 0.15) is 11.6 Å². The van der Waals surface area contributed by atoms with Gasteiger partial charge in [-0.15, -0.1) is 0 Å². The molecule has 1 aliphatic carbocycles. The van der Waals surface area contributed by atoms with Crippen LogP contribution in [0.3, 0.4) is 0 Å². The van der Waals surface area contributed by atoms with E-state index in [0.29, 0.717) is 24.1 Å².